The van der Waals surface area contributed by atoms with Crippen molar-refractivity contribution in [3.05, 3.63) is 63.5 Å². The SMILES string of the molecule is Cc1cc(NC(=O)C(C)(O)COc2cc(F)cc(C(F)(F)F)c2)ccc1[N+](=O)[O-]. The fourth-order valence-corrected chi connectivity index (χ4v) is 2.30. The van der Waals surface area contributed by atoms with Crippen LogP contribution in [0, 0.1) is 22.9 Å². The van der Waals surface area contributed by atoms with Crippen LogP contribution in [-0.4, -0.2) is 28.1 Å². The van der Waals surface area contributed by atoms with E-state index in [-0.39, 0.29) is 23.0 Å². The number of anilines is 1. The number of rotatable bonds is 6. The van der Waals surface area contributed by atoms with Gasteiger partial charge in [-0.15, -0.1) is 0 Å². The Bertz CT molecular complexity index is 944. The lowest BCUT2D eigenvalue weighted by molar-refractivity contribution is -0.385. The molecule has 0 heterocycles. The zero-order valence-corrected chi connectivity index (χ0v) is 15.2. The molecular formula is C18H16F4N2O5. The van der Waals surface area contributed by atoms with Crippen molar-refractivity contribution in [2.45, 2.75) is 25.6 Å². The lowest BCUT2D eigenvalue weighted by atomic mass is 10.1. The standard InChI is InChI=1S/C18H16F4N2O5/c1-10-5-13(3-4-15(10)24(27)28)23-16(25)17(2,26)9-29-14-7-11(18(20,21)22)6-12(19)8-14/h3-8,26H,9H2,1-2H3,(H,23,25). The van der Waals surface area contributed by atoms with Gasteiger partial charge in [-0.25, -0.2) is 4.39 Å². The predicted molar refractivity (Wildman–Crippen MR) is 94.0 cm³/mol. The predicted octanol–water partition coefficient (Wildman–Crippen LogP) is 3.83. The quantitative estimate of drug-likeness (QED) is 0.423. The molecule has 0 aliphatic rings. The molecule has 2 rings (SSSR count). The largest absolute Gasteiger partial charge is 0.490 e. The molecule has 0 radical (unpaired) electrons. The van der Waals surface area contributed by atoms with Gasteiger partial charge < -0.3 is 15.2 Å². The van der Waals surface area contributed by atoms with E-state index in [1.54, 1.807) is 0 Å². The van der Waals surface area contributed by atoms with Crippen molar-refractivity contribution in [1.29, 1.82) is 0 Å². The topological polar surface area (TPSA) is 102 Å². The highest BCUT2D eigenvalue weighted by Gasteiger charge is 2.34. The number of carbonyl (C=O) groups is 1. The molecule has 1 atom stereocenters. The molecule has 1 amide bonds. The van der Waals surface area contributed by atoms with Crippen LogP contribution in [0.15, 0.2) is 36.4 Å². The first-order valence-electron chi connectivity index (χ1n) is 8.09. The number of ether oxygens (including phenoxy) is 1. The molecule has 0 saturated carbocycles. The highest BCUT2D eigenvalue weighted by molar-refractivity contribution is 5.97. The molecule has 0 aliphatic heterocycles. The number of aliphatic hydroxyl groups is 1. The van der Waals surface area contributed by atoms with Gasteiger partial charge in [0.05, 0.1) is 10.5 Å². The first-order valence-corrected chi connectivity index (χ1v) is 8.09. The van der Waals surface area contributed by atoms with E-state index in [4.69, 9.17) is 4.74 Å². The number of aryl methyl sites for hydroxylation is 1. The molecule has 29 heavy (non-hydrogen) atoms. The van der Waals surface area contributed by atoms with E-state index < -0.39 is 46.3 Å². The summed E-state index contributed by atoms with van der Waals surface area (Å²) in [5, 5.41) is 23.4. The van der Waals surface area contributed by atoms with Crippen LogP contribution in [0.4, 0.5) is 28.9 Å². The van der Waals surface area contributed by atoms with Gasteiger partial charge in [-0.3, -0.25) is 14.9 Å². The number of halogens is 4. The van der Waals surface area contributed by atoms with Crippen molar-refractivity contribution in [3.8, 4) is 5.75 Å². The third-order valence-corrected chi connectivity index (χ3v) is 3.86. The second kappa shape index (κ2) is 8.03. The summed E-state index contributed by atoms with van der Waals surface area (Å²) in [4.78, 5) is 22.5. The summed E-state index contributed by atoms with van der Waals surface area (Å²) in [5.41, 5.74) is -3.21. The molecular weight excluding hydrogens is 400 g/mol. The number of alkyl halides is 3. The Morgan fingerprint density at radius 1 is 1.24 bits per heavy atom. The number of carbonyl (C=O) groups excluding carboxylic acids is 1. The van der Waals surface area contributed by atoms with Crippen LogP contribution in [-0.2, 0) is 11.0 Å². The van der Waals surface area contributed by atoms with Crippen LogP contribution in [0.2, 0.25) is 0 Å². The van der Waals surface area contributed by atoms with Crippen LogP contribution >= 0.6 is 0 Å². The molecule has 0 saturated heterocycles. The van der Waals surface area contributed by atoms with E-state index in [0.29, 0.717) is 12.1 Å². The molecule has 2 aromatic carbocycles. The van der Waals surface area contributed by atoms with Gasteiger partial charge in [-0.2, -0.15) is 13.2 Å². The smallest absolute Gasteiger partial charge is 0.416 e. The number of nitrogens with one attached hydrogen (secondary N) is 1. The van der Waals surface area contributed by atoms with E-state index in [1.165, 1.54) is 25.1 Å². The normalized spacial score (nSPS) is 13.5. The minimum Gasteiger partial charge on any atom is -0.490 e. The molecule has 2 aromatic rings. The van der Waals surface area contributed by atoms with Gasteiger partial charge in [0.25, 0.3) is 11.6 Å². The highest BCUT2D eigenvalue weighted by Crippen LogP contribution is 2.32. The number of hydrogen-bond acceptors (Lipinski definition) is 5. The second-order valence-electron chi connectivity index (χ2n) is 6.45. The summed E-state index contributed by atoms with van der Waals surface area (Å²) in [5.74, 6) is -2.69. The van der Waals surface area contributed by atoms with E-state index in [0.717, 1.165) is 6.92 Å². The summed E-state index contributed by atoms with van der Waals surface area (Å²) >= 11 is 0. The average molecular weight is 416 g/mol. The molecule has 7 nitrogen and oxygen atoms in total. The fraction of sp³-hybridized carbons (Fsp3) is 0.278. The van der Waals surface area contributed by atoms with Gasteiger partial charge in [-0.05, 0) is 38.1 Å². The number of nitro groups is 1. The van der Waals surface area contributed by atoms with E-state index >= 15 is 0 Å². The average Bonchev–Trinajstić information content (AvgIpc) is 2.58. The molecule has 2 N–H and O–H groups in total. The number of nitrogens with zero attached hydrogens (tertiary/aromatic N) is 1. The minimum absolute atomic E-state index is 0.156. The van der Waals surface area contributed by atoms with Gasteiger partial charge in [0.2, 0.25) is 0 Å². The summed E-state index contributed by atoms with van der Waals surface area (Å²) in [6.45, 7) is 1.73. The van der Waals surface area contributed by atoms with E-state index in [1.807, 2.05) is 0 Å². The first-order chi connectivity index (χ1) is 13.3. The lowest BCUT2D eigenvalue weighted by Crippen LogP contribution is -2.45. The lowest BCUT2D eigenvalue weighted by Gasteiger charge is -2.23. The van der Waals surface area contributed by atoms with Gasteiger partial charge >= 0.3 is 6.18 Å². The highest BCUT2D eigenvalue weighted by atomic mass is 19.4. The monoisotopic (exact) mass is 416 g/mol. The van der Waals surface area contributed by atoms with Crippen LogP contribution < -0.4 is 10.1 Å². The van der Waals surface area contributed by atoms with Crippen molar-refractivity contribution in [3.63, 3.8) is 0 Å². The summed E-state index contributed by atoms with van der Waals surface area (Å²) in [7, 11) is 0. The zero-order chi connectivity index (χ0) is 22.0. The van der Waals surface area contributed by atoms with Crippen molar-refractivity contribution >= 4 is 17.3 Å². The summed E-state index contributed by atoms with van der Waals surface area (Å²) in [6, 6.07) is 5.24. The zero-order valence-electron chi connectivity index (χ0n) is 15.2. The molecule has 0 aliphatic carbocycles. The molecule has 0 aromatic heterocycles. The first kappa shape index (κ1) is 22.1. The van der Waals surface area contributed by atoms with Crippen LogP contribution in [0.5, 0.6) is 5.75 Å². The van der Waals surface area contributed by atoms with Crippen LogP contribution in [0.1, 0.15) is 18.1 Å². The summed E-state index contributed by atoms with van der Waals surface area (Å²) < 4.78 is 56.5. The number of nitro benzene ring substituents is 1. The Balaban J connectivity index is 2.09. The number of hydrogen-bond donors (Lipinski definition) is 2. The van der Waals surface area contributed by atoms with Gasteiger partial charge in [0, 0.05) is 23.4 Å². The van der Waals surface area contributed by atoms with Gasteiger partial charge in [0.1, 0.15) is 18.2 Å². The molecule has 11 heteroatoms. The maximum Gasteiger partial charge on any atom is 0.416 e. The third-order valence-electron chi connectivity index (χ3n) is 3.86. The number of benzene rings is 2. The molecule has 1 unspecified atom stereocenters. The van der Waals surface area contributed by atoms with Crippen LogP contribution in [0.3, 0.4) is 0 Å². The Kier molecular flexibility index (Phi) is 6.12. The molecule has 0 fully saturated rings. The van der Waals surface area contributed by atoms with Crippen molar-refractivity contribution < 1.29 is 37.1 Å². The number of amides is 1. The van der Waals surface area contributed by atoms with Crippen molar-refractivity contribution in [2.24, 2.45) is 0 Å². The van der Waals surface area contributed by atoms with E-state index in [9.17, 15) is 37.6 Å². The summed E-state index contributed by atoms with van der Waals surface area (Å²) in [6.07, 6.45) is -4.80. The van der Waals surface area contributed by atoms with E-state index in [2.05, 4.69) is 5.32 Å². The Hall–Kier alpha value is -3.21. The van der Waals surface area contributed by atoms with Crippen LogP contribution in [0.25, 0.3) is 0 Å². The Labute approximate surface area is 162 Å². The minimum atomic E-state index is -4.80. The molecule has 0 spiro atoms. The molecule has 0 bridgehead atoms. The fourth-order valence-electron chi connectivity index (χ4n) is 2.30. The van der Waals surface area contributed by atoms with Crippen molar-refractivity contribution in [2.75, 3.05) is 11.9 Å². The Morgan fingerprint density at radius 3 is 2.45 bits per heavy atom. The Morgan fingerprint density at radius 2 is 1.90 bits per heavy atom. The van der Waals surface area contributed by atoms with Crippen molar-refractivity contribution in [1.82, 2.24) is 0 Å². The maximum atomic E-state index is 13.4. The second-order valence-corrected chi connectivity index (χ2v) is 6.45. The maximum absolute atomic E-state index is 13.4. The third kappa shape index (κ3) is 5.64. The molecule has 156 valence electrons. The van der Waals surface area contributed by atoms with Gasteiger partial charge in [0.15, 0.2) is 5.60 Å². The van der Waals surface area contributed by atoms with Gasteiger partial charge in [-0.1, -0.05) is 0 Å².